The van der Waals surface area contributed by atoms with Crippen molar-refractivity contribution < 1.29 is 5.11 Å². The lowest BCUT2D eigenvalue weighted by Crippen LogP contribution is -2.37. The second kappa shape index (κ2) is 5.21. The fourth-order valence-electron chi connectivity index (χ4n) is 4.54. The highest BCUT2D eigenvalue weighted by Crippen LogP contribution is 2.58. The standard InChI is InChI=1S/C20H28OSi/c1-14-17-11-16(21)12-20(17,2)13-18(22(3,4)5)19(14)15-9-7-6-8-10-15/h6-10,16-17,21H,1,11-13H2,2-5H3/t16-,17+,20+/m0/s1. The molecule has 0 aliphatic heterocycles. The van der Waals surface area contributed by atoms with Crippen LogP contribution in [0.15, 0.2) is 47.7 Å². The molecule has 0 aromatic heterocycles. The fourth-order valence-corrected chi connectivity index (χ4v) is 6.53. The van der Waals surface area contributed by atoms with Gasteiger partial charge in [-0.25, -0.2) is 0 Å². The maximum absolute atomic E-state index is 10.2. The van der Waals surface area contributed by atoms with Crippen LogP contribution in [-0.2, 0) is 0 Å². The molecular formula is C20H28OSi. The Morgan fingerprint density at radius 1 is 1.18 bits per heavy atom. The minimum absolute atomic E-state index is 0.162. The quantitative estimate of drug-likeness (QED) is 0.757. The van der Waals surface area contributed by atoms with Crippen LogP contribution in [0.3, 0.4) is 0 Å². The first-order valence-corrected chi connectivity index (χ1v) is 11.9. The van der Waals surface area contributed by atoms with E-state index in [1.165, 1.54) is 16.7 Å². The van der Waals surface area contributed by atoms with E-state index < -0.39 is 8.07 Å². The first kappa shape index (κ1) is 15.8. The third-order valence-corrected chi connectivity index (χ3v) is 7.88. The van der Waals surface area contributed by atoms with Crippen molar-refractivity contribution >= 4 is 13.6 Å². The Kier molecular flexibility index (Phi) is 3.73. The molecule has 0 spiro atoms. The Morgan fingerprint density at radius 2 is 1.82 bits per heavy atom. The topological polar surface area (TPSA) is 20.2 Å². The summed E-state index contributed by atoms with van der Waals surface area (Å²) in [5, 5.41) is 11.9. The monoisotopic (exact) mass is 312 g/mol. The molecule has 2 aliphatic rings. The largest absolute Gasteiger partial charge is 0.393 e. The summed E-state index contributed by atoms with van der Waals surface area (Å²) in [7, 11) is -1.44. The highest BCUT2D eigenvalue weighted by Gasteiger charge is 2.50. The normalized spacial score (nSPS) is 32.3. The SMILES string of the molecule is C=C1C(c2ccccc2)=C([Si](C)(C)C)C[C@@]2(C)C[C@@H](O)C[C@H]12. The van der Waals surface area contributed by atoms with Crippen LogP contribution >= 0.6 is 0 Å². The van der Waals surface area contributed by atoms with Gasteiger partial charge in [0.1, 0.15) is 0 Å². The summed E-state index contributed by atoms with van der Waals surface area (Å²) in [6.45, 7) is 14.2. The zero-order valence-corrected chi connectivity index (χ0v) is 15.3. The van der Waals surface area contributed by atoms with E-state index in [1.54, 1.807) is 5.20 Å². The molecule has 2 aliphatic carbocycles. The van der Waals surface area contributed by atoms with Gasteiger partial charge in [-0.3, -0.25) is 0 Å². The fraction of sp³-hybridized carbons (Fsp3) is 0.500. The average Bonchev–Trinajstić information content (AvgIpc) is 2.74. The highest BCUT2D eigenvalue weighted by molar-refractivity contribution is 6.84. The molecule has 1 saturated carbocycles. The number of benzene rings is 1. The number of rotatable bonds is 2. The lowest BCUT2D eigenvalue weighted by Gasteiger charge is -2.44. The van der Waals surface area contributed by atoms with Gasteiger partial charge in [0.25, 0.3) is 0 Å². The third kappa shape index (κ3) is 2.53. The summed E-state index contributed by atoms with van der Waals surface area (Å²) in [6, 6.07) is 10.8. The van der Waals surface area contributed by atoms with Gasteiger partial charge in [-0.05, 0) is 47.3 Å². The molecule has 1 fully saturated rings. The van der Waals surface area contributed by atoms with Gasteiger partial charge in [-0.2, -0.15) is 0 Å². The number of hydrogen-bond acceptors (Lipinski definition) is 1. The molecule has 1 nitrogen and oxygen atoms in total. The Hall–Kier alpha value is -1.12. The van der Waals surface area contributed by atoms with Crippen LogP contribution in [0.5, 0.6) is 0 Å². The number of aliphatic hydroxyl groups is 1. The van der Waals surface area contributed by atoms with Crippen LogP contribution in [0, 0.1) is 11.3 Å². The molecule has 2 heteroatoms. The molecule has 0 unspecified atom stereocenters. The molecule has 0 saturated heterocycles. The predicted octanol–water partition coefficient (Wildman–Crippen LogP) is 5.05. The first-order chi connectivity index (χ1) is 10.2. The molecular weight excluding hydrogens is 284 g/mol. The molecule has 0 heterocycles. The van der Waals surface area contributed by atoms with Gasteiger partial charge in [-0.1, -0.05) is 68.7 Å². The maximum Gasteiger partial charge on any atom is 0.0732 e. The maximum atomic E-state index is 10.2. The minimum Gasteiger partial charge on any atom is -0.393 e. The van der Waals surface area contributed by atoms with Gasteiger partial charge in [0.05, 0.1) is 14.2 Å². The van der Waals surface area contributed by atoms with Crippen molar-refractivity contribution in [3.63, 3.8) is 0 Å². The third-order valence-electron chi connectivity index (χ3n) is 5.64. The zero-order valence-electron chi connectivity index (χ0n) is 14.3. The predicted molar refractivity (Wildman–Crippen MR) is 97.3 cm³/mol. The van der Waals surface area contributed by atoms with E-state index in [1.807, 2.05) is 0 Å². The van der Waals surface area contributed by atoms with Crippen LogP contribution < -0.4 is 0 Å². The molecule has 0 bridgehead atoms. The Balaban J connectivity index is 2.17. The van der Waals surface area contributed by atoms with Crippen LogP contribution in [-0.4, -0.2) is 19.3 Å². The van der Waals surface area contributed by atoms with E-state index in [9.17, 15) is 5.11 Å². The Morgan fingerprint density at radius 3 is 2.41 bits per heavy atom. The number of fused-ring (bicyclic) bond motifs is 1. The summed E-state index contributed by atoms with van der Waals surface area (Å²) in [5.74, 6) is 0.429. The van der Waals surface area contributed by atoms with Gasteiger partial charge in [-0.15, -0.1) is 0 Å². The van der Waals surface area contributed by atoms with Crippen molar-refractivity contribution in [2.45, 2.75) is 51.9 Å². The molecule has 118 valence electrons. The summed E-state index contributed by atoms with van der Waals surface area (Å²) in [4.78, 5) is 0. The van der Waals surface area contributed by atoms with Crippen LogP contribution in [0.25, 0.3) is 5.57 Å². The van der Waals surface area contributed by atoms with Gasteiger partial charge in [0, 0.05) is 0 Å². The molecule has 1 aromatic carbocycles. The summed E-state index contributed by atoms with van der Waals surface area (Å²) in [5.41, 5.74) is 4.20. The number of hydrogen-bond donors (Lipinski definition) is 1. The minimum atomic E-state index is -1.44. The second-order valence-electron chi connectivity index (χ2n) is 8.47. The molecule has 1 aromatic rings. The van der Waals surface area contributed by atoms with Gasteiger partial charge < -0.3 is 5.11 Å². The van der Waals surface area contributed by atoms with E-state index >= 15 is 0 Å². The molecule has 1 N–H and O–H groups in total. The summed E-state index contributed by atoms with van der Waals surface area (Å²) in [6.07, 6.45) is 2.77. The van der Waals surface area contributed by atoms with Crippen LogP contribution in [0.1, 0.15) is 31.7 Å². The number of aliphatic hydroxyl groups excluding tert-OH is 1. The molecule has 0 radical (unpaired) electrons. The van der Waals surface area contributed by atoms with Gasteiger partial charge in [0.15, 0.2) is 0 Å². The van der Waals surface area contributed by atoms with Crippen molar-refractivity contribution in [1.82, 2.24) is 0 Å². The van der Waals surface area contributed by atoms with Crippen LogP contribution in [0.4, 0.5) is 0 Å². The Bertz CT molecular complexity index is 623. The first-order valence-electron chi connectivity index (χ1n) is 8.39. The highest BCUT2D eigenvalue weighted by atomic mass is 28.3. The van der Waals surface area contributed by atoms with E-state index in [4.69, 9.17) is 0 Å². The van der Waals surface area contributed by atoms with E-state index in [0.29, 0.717) is 5.92 Å². The van der Waals surface area contributed by atoms with Gasteiger partial charge >= 0.3 is 0 Å². The molecule has 3 rings (SSSR count). The molecule has 22 heavy (non-hydrogen) atoms. The molecule has 0 amide bonds. The Labute approximate surface area is 135 Å². The van der Waals surface area contributed by atoms with Crippen molar-refractivity contribution in [2.75, 3.05) is 0 Å². The van der Waals surface area contributed by atoms with E-state index in [-0.39, 0.29) is 11.5 Å². The second-order valence-corrected chi connectivity index (χ2v) is 13.6. The summed E-state index contributed by atoms with van der Waals surface area (Å²) >= 11 is 0. The zero-order chi connectivity index (χ0) is 16.1. The van der Waals surface area contributed by atoms with Crippen LogP contribution in [0.2, 0.25) is 19.6 Å². The smallest absolute Gasteiger partial charge is 0.0732 e. The lowest BCUT2D eigenvalue weighted by atomic mass is 9.67. The van der Waals surface area contributed by atoms with Crippen molar-refractivity contribution in [3.8, 4) is 0 Å². The average molecular weight is 313 g/mol. The number of allylic oxidation sites excluding steroid dienone is 3. The van der Waals surface area contributed by atoms with E-state index in [2.05, 4.69) is 63.5 Å². The van der Waals surface area contributed by atoms with Gasteiger partial charge in [0.2, 0.25) is 0 Å². The van der Waals surface area contributed by atoms with Crippen molar-refractivity contribution in [3.05, 3.63) is 53.2 Å². The van der Waals surface area contributed by atoms with E-state index in [0.717, 1.165) is 19.3 Å². The van der Waals surface area contributed by atoms with Crippen molar-refractivity contribution in [1.29, 1.82) is 0 Å². The molecule has 3 atom stereocenters. The lowest BCUT2D eigenvalue weighted by molar-refractivity contribution is 0.163. The van der Waals surface area contributed by atoms with Crippen molar-refractivity contribution in [2.24, 2.45) is 11.3 Å². The summed E-state index contributed by atoms with van der Waals surface area (Å²) < 4.78 is 0.